The molecule has 0 N–H and O–H groups in total. The van der Waals surface area contributed by atoms with Gasteiger partial charge in [0.1, 0.15) is 0 Å². The molecule has 0 heterocycles. The molecule has 0 aliphatic carbocycles. The Morgan fingerprint density at radius 2 is 1.94 bits per heavy atom. The molecule has 0 rings (SSSR count). The van der Waals surface area contributed by atoms with Crippen molar-refractivity contribution in [3.8, 4) is 0 Å². The van der Waals surface area contributed by atoms with E-state index in [1.165, 1.54) is 14.2 Å². The molecule has 6 heteroatoms. The van der Waals surface area contributed by atoms with Crippen LogP contribution in [0.4, 0.5) is 0 Å². The van der Waals surface area contributed by atoms with Crippen LogP contribution in [0.2, 0.25) is 0 Å². The zero-order valence-corrected chi connectivity index (χ0v) is 12.4. The van der Waals surface area contributed by atoms with E-state index in [2.05, 4.69) is 6.58 Å². The summed E-state index contributed by atoms with van der Waals surface area (Å²) in [5, 5.41) is 0. The summed E-state index contributed by atoms with van der Waals surface area (Å²) in [6.07, 6.45) is 1.11. The van der Waals surface area contributed by atoms with Gasteiger partial charge in [-0.3, -0.25) is 0 Å². The third-order valence-corrected chi connectivity index (χ3v) is 2.76. The number of esters is 1. The third-order valence-electron chi connectivity index (χ3n) is 2.14. The summed E-state index contributed by atoms with van der Waals surface area (Å²) in [7, 11) is 3.54. The summed E-state index contributed by atoms with van der Waals surface area (Å²) >= 11 is 0. The van der Waals surface area contributed by atoms with Crippen LogP contribution in [0.3, 0.4) is 0 Å². The normalized spacial score (nSPS) is 11.4. The lowest BCUT2D eigenvalue weighted by Crippen LogP contribution is -2.36. The maximum Gasteiger partial charge on any atom is 0.333 e. The van der Waals surface area contributed by atoms with Crippen LogP contribution in [0.15, 0.2) is 12.2 Å². The molecule has 0 fully saturated rings. The Bertz CT molecular complexity index is 229. The van der Waals surface area contributed by atoms with E-state index in [4.69, 9.17) is 18.6 Å². The standard InChI is InChI=1S/C10H20O5Si/c1-8(2)9(11)14-7-5-6-10(12-3,13-4)15-16/h1,5-7H2,2-4,16H3. The molecule has 0 aromatic heterocycles. The SMILES string of the molecule is C=C(C)C(=O)OCCCC(OC)(OC)O[SiH3]. The van der Waals surface area contributed by atoms with Crippen molar-refractivity contribution >= 4 is 16.5 Å². The number of hydrogen-bond donors (Lipinski definition) is 0. The van der Waals surface area contributed by atoms with Gasteiger partial charge in [0, 0.05) is 26.2 Å². The van der Waals surface area contributed by atoms with Gasteiger partial charge >= 0.3 is 5.97 Å². The van der Waals surface area contributed by atoms with Crippen LogP contribution in [0.25, 0.3) is 0 Å². The molecule has 0 amide bonds. The molecule has 0 aromatic carbocycles. The first-order chi connectivity index (χ1) is 7.51. The third kappa shape index (κ3) is 4.89. The summed E-state index contributed by atoms with van der Waals surface area (Å²) in [5.74, 6) is -1.38. The highest BCUT2D eigenvalue weighted by Crippen LogP contribution is 2.18. The Hall–Kier alpha value is -0.693. The molecule has 0 aliphatic rings. The van der Waals surface area contributed by atoms with Crippen LogP contribution in [-0.2, 0) is 23.4 Å². The second-order valence-corrected chi connectivity index (χ2v) is 3.72. The minimum Gasteiger partial charge on any atom is -0.462 e. The number of rotatable bonds is 8. The van der Waals surface area contributed by atoms with Crippen LogP contribution >= 0.6 is 0 Å². The first-order valence-corrected chi connectivity index (χ1v) is 5.81. The smallest absolute Gasteiger partial charge is 0.333 e. The molecule has 0 saturated heterocycles. The van der Waals surface area contributed by atoms with Crippen molar-refractivity contribution in [3.63, 3.8) is 0 Å². The first kappa shape index (κ1) is 15.3. The molecule has 0 aromatic rings. The first-order valence-electron chi connectivity index (χ1n) is 4.99. The molecule has 94 valence electrons. The molecular formula is C10H20O5Si. The Morgan fingerprint density at radius 3 is 2.31 bits per heavy atom. The number of ether oxygens (including phenoxy) is 3. The summed E-state index contributed by atoms with van der Waals surface area (Å²) in [6, 6.07) is 0. The van der Waals surface area contributed by atoms with E-state index in [-0.39, 0.29) is 5.97 Å². The van der Waals surface area contributed by atoms with E-state index in [1.54, 1.807) is 6.92 Å². The van der Waals surface area contributed by atoms with Crippen molar-refractivity contribution in [1.82, 2.24) is 0 Å². The van der Waals surface area contributed by atoms with Gasteiger partial charge in [-0.15, -0.1) is 0 Å². The van der Waals surface area contributed by atoms with E-state index < -0.39 is 5.97 Å². The van der Waals surface area contributed by atoms with E-state index in [9.17, 15) is 4.79 Å². The van der Waals surface area contributed by atoms with Crippen LogP contribution in [-0.4, -0.2) is 43.3 Å². The highest BCUT2D eigenvalue weighted by molar-refractivity contribution is 5.98. The number of carbonyl (C=O) groups excluding carboxylic acids is 1. The molecule has 0 saturated carbocycles. The van der Waals surface area contributed by atoms with Crippen molar-refractivity contribution in [3.05, 3.63) is 12.2 Å². The Labute approximate surface area is 99.2 Å². The maximum atomic E-state index is 11.1. The zero-order valence-electron chi connectivity index (χ0n) is 10.4. The number of hydrogen-bond acceptors (Lipinski definition) is 5. The Morgan fingerprint density at radius 1 is 1.38 bits per heavy atom. The fraction of sp³-hybridized carbons (Fsp3) is 0.700. The van der Waals surface area contributed by atoms with Crippen molar-refractivity contribution in [1.29, 1.82) is 0 Å². The highest BCUT2D eigenvalue weighted by atomic mass is 28.2. The lowest BCUT2D eigenvalue weighted by atomic mass is 10.3. The minimum absolute atomic E-state index is 0.297. The van der Waals surface area contributed by atoms with Gasteiger partial charge in [-0.2, -0.15) is 0 Å². The second-order valence-electron chi connectivity index (χ2n) is 3.32. The van der Waals surface area contributed by atoms with Crippen LogP contribution in [0.5, 0.6) is 0 Å². The molecular weight excluding hydrogens is 228 g/mol. The van der Waals surface area contributed by atoms with Gasteiger partial charge in [-0.1, -0.05) is 6.58 Å². The van der Waals surface area contributed by atoms with Gasteiger partial charge in [-0.05, 0) is 13.3 Å². The summed E-state index contributed by atoms with van der Waals surface area (Å²) in [6.45, 7) is 5.39. The van der Waals surface area contributed by atoms with Gasteiger partial charge in [0.15, 0.2) is 10.5 Å². The monoisotopic (exact) mass is 248 g/mol. The van der Waals surface area contributed by atoms with Crippen molar-refractivity contribution in [2.24, 2.45) is 0 Å². The lowest BCUT2D eigenvalue weighted by molar-refractivity contribution is -0.325. The van der Waals surface area contributed by atoms with Gasteiger partial charge in [0.25, 0.3) is 5.97 Å². The van der Waals surface area contributed by atoms with Crippen LogP contribution in [0.1, 0.15) is 19.8 Å². The quantitative estimate of drug-likeness (QED) is 0.201. The minimum atomic E-state index is -0.998. The predicted octanol–water partition coefficient (Wildman–Crippen LogP) is 0.129. The molecule has 5 nitrogen and oxygen atoms in total. The Balaban J connectivity index is 3.88. The fourth-order valence-electron chi connectivity index (χ4n) is 1.13. The number of carbonyl (C=O) groups is 1. The van der Waals surface area contributed by atoms with Gasteiger partial charge in [0.05, 0.1) is 6.61 Å². The molecule has 0 bridgehead atoms. The molecule has 16 heavy (non-hydrogen) atoms. The van der Waals surface area contributed by atoms with E-state index in [1.807, 2.05) is 0 Å². The highest BCUT2D eigenvalue weighted by Gasteiger charge is 2.28. The average molecular weight is 248 g/mol. The molecule has 0 atom stereocenters. The summed E-state index contributed by atoms with van der Waals surface area (Å²) in [4.78, 5) is 11.1. The fourth-order valence-corrected chi connectivity index (χ4v) is 1.67. The lowest BCUT2D eigenvalue weighted by Gasteiger charge is -2.29. The average Bonchev–Trinajstić information content (AvgIpc) is 2.30. The van der Waals surface area contributed by atoms with E-state index in [0.29, 0.717) is 35.5 Å². The van der Waals surface area contributed by atoms with Gasteiger partial charge < -0.3 is 18.6 Å². The Kier molecular flexibility index (Phi) is 7.23. The van der Waals surface area contributed by atoms with E-state index in [0.717, 1.165) is 0 Å². The zero-order chi connectivity index (χ0) is 12.6. The van der Waals surface area contributed by atoms with Crippen LogP contribution < -0.4 is 0 Å². The van der Waals surface area contributed by atoms with E-state index >= 15 is 0 Å². The number of methoxy groups -OCH3 is 2. The molecule has 0 aliphatic heterocycles. The molecule has 0 unspecified atom stereocenters. The topological polar surface area (TPSA) is 54.0 Å². The summed E-state index contributed by atoms with van der Waals surface area (Å²) < 4.78 is 20.4. The maximum absolute atomic E-state index is 11.1. The molecule has 0 spiro atoms. The van der Waals surface area contributed by atoms with Crippen molar-refractivity contribution < 1.29 is 23.4 Å². The largest absolute Gasteiger partial charge is 0.462 e. The van der Waals surface area contributed by atoms with Crippen molar-refractivity contribution in [2.75, 3.05) is 20.8 Å². The predicted molar refractivity (Wildman–Crippen MR) is 62.8 cm³/mol. The summed E-state index contributed by atoms with van der Waals surface area (Å²) in [5.41, 5.74) is 0.392. The van der Waals surface area contributed by atoms with Crippen LogP contribution in [0, 0.1) is 0 Å². The van der Waals surface area contributed by atoms with Crippen molar-refractivity contribution in [2.45, 2.75) is 25.7 Å². The van der Waals surface area contributed by atoms with Gasteiger partial charge in [0.2, 0.25) is 0 Å². The second kappa shape index (κ2) is 7.56. The van der Waals surface area contributed by atoms with Gasteiger partial charge in [-0.25, -0.2) is 4.79 Å². The molecule has 0 radical (unpaired) electrons.